The first-order valence-corrected chi connectivity index (χ1v) is 8.55. The van der Waals surface area contributed by atoms with Gasteiger partial charge in [-0.25, -0.2) is 0 Å². The number of benzene rings is 2. The van der Waals surface area contributed by atoms with E-state index in [0.29, 0.717) is 4.90 Å². The molecule has 0 aliphatic carbocycles. The van der Waals surface area contributed by atoms with Gasteiger partial charge in [-0.05, 0) is 37.4 Å². The molecule has 0 saturated heterocycles. The Morgan fingerprint density at radius 3 is 1.86 bits per heavy atom. The first-order chi connectivity index (χ1) is 9.82. The number of hydrogen-bond donors (Lipinski definition) is 1. The summed E-state index contributed by atoms with van der Waals surface area (Å²) < 4.78 is 3.20. The van der Waals surface area contributed by atoms with Crippen LogP contribution in [0.2, 0.25) is 25.1 Å². The van der Waals surface area contributed by atoms with Crippen molar-refractivity contribution in [3.63, 3.8) is 0 Å². The molecular weight excluding hydrogens is 391 g/mol. The van der Waals surface area contributed by atoms with Gasteiger partial charge in [0.25, 0.3) is 0 Å². The van der Waals surface area contributed by atoms with Gasteiger partial charge in [0.15, 0.2) is 0 Å². The minimum absolute atomic E-state index is 0.157. The Kier molecular flexibility index (Phi) is 5.86. The Balaban J connectivity index is 2.32. The Morgan fingerprint density at radius 1 is 0.810 bits per heavy atom. The van der Waals surface area contributed by atoms with E-state index in [1.807, 2.05) is 26.0 Å². The fourth-order valence-electron chi connectivity index (χ4n) is 1.71. The van der Waals surface area contributed by atoms with Gasteiger partial charge in [0.1, 0.15) is 0 Å². The number of nitrogens with one attached hydrogen (secondary N) is 1. The second kappa shape index (κ2) is 7.08. The van der Waals surface area contributed by atoms with Crippen molar-refractivity contribution in [3.05, 3.63) is 54.4 Å². The van der Waals surface area contributed by atoms with Crippen LogP contribution in [-0.4, -0.2) is 0 Å². The maximum absolute atomic E-state index is 6.19. The van der Waals surface area contributed by atoms with Crippen LogP contribution in [0, 0.1) is 13.8 Å². The quantitative estimate of drug-likeness (QED) is 0.321. The van der Waals surface area contributed by atoms with Gasteiger partial charge in [-0.2, -0.15) is 0 Å². The van der Waals surface area contributed by atoms with Crippen molar-refractivity contribution >= 4 is 75.6 Å². The molecule has 1 nitrogen and oxygen atoms in total. The van der Waals surface area contributed by atoms with Crippen LogP contribution >= 0.6 is 70.0 Å². The molecule has 112 valence electrons. The van der Waals surface area contributed by atoms with Gasteiger partial charge in [0, 0.05) is 5.69 Å². The molecule has 0 bridgehead atoms. The van der Waals surface area contributed by atoms with Crippen molar-refractivity contribution in [1.82, 2.24) is 0 Å². The monoisotopic (exact) mass is 399 g/mol. The van der Waals surface area contributed by atoms with Crippen molar-refractivity contribution in [2.45, 2.75) is 18.7 Å². The minimum Gasteiger partial charge on any atom is -0.325 e. The van der Waals surface area contributed by atoms with Crippen LogP contribution in [0.5, 0.6) is 0 Å². The smallest absolute Gasteiger partial charge is 0.0809 e. The average molecular weight is 402 g/mol. The molecule has 7 heteroatoms. The lowest BCUT2D eigenvalue weighted by molar-refractivity contribution is 1.38. The molecule has 0 spiro atoms. The maximum Gasteiger partial charge on any atom is 0.0809 e. The summed E-state index contributed by atoms with van der Waals surface area (Å²) in [5.74, 6) is 0. The van der Waals surface area contributed by atoms with E-state index in [1.165, 1.54) is 17.5 Å². The van der Waals surface area contributed by atoms with Crippen LogP contribution in [-0.2, 0) is 0 Å². The van der Waals surface area contributed by atoms with E-state index in [1.54, 1.807) is 0 Å². The molecular formula is C14H10Cl5NS. The van der Waals surface area contributed by atoms with E-state index in [4.69, 9.17) is 58.0 Å². The summed E-state index contributed by atoms with van der Waals surface area (Å²) in [5, 5.41) is 1.09. The molecule has 21 heavy (non-hydrogen) atoms. The first-order valence-electron chi connectivity index (χ1n) is 5.84. The van der Waals surface area contributed by atoms with Crippen LogP contribution in [0.3, 0.4) is 0 Å². The molecule has 0 aliphatic rings. The summed E-state index contributed by atoms with van der Waals surface area (Å²) in [6.07, 6.45) is 0. The van der Waals surface area contributed by atoms with Crippen LogP contribution in [0.25, 0.3) is 0 Å². The van der Waals surface area contributed by atoms with E-state index in [0.717, 1.165) is 11.3 Å². The molecule has 1 N–H and O–H groups in total. The highest BCUT2D eigenvalue weighted by Crippen LogP contribution is 2.47. The Hall–Kier alpha value is 0.0400. The van der Waals surface area contributed by atoms with Crippen LogP contribution in [0.4, 0.5) is 5.69 Å². The van der Waals surface area contributed by atoms with E-state index < -0.39 is 0 Å². The summed E-state index contributed by atoms with van der Waals surface area (Å²) in [6.45, 7) is 4.05. The Bertz CT molecular complexity index is 673. The van der Waals surface area contributed by atoms with E-state index in [9.17, 15) is 0 Å². The second-order valence-corrected chi connectivity index (χ2v) is 7.13. The lowest BCUT2D eigenvalue weighted by Gasteiger charge is -2.14. The molecule has 0 aromatic heterocycles. The van der Waals surface area contributed by atoms with Gasteiger partial charge in [-0.15, -0.1) is 0 Å². The zero-order chi connectivity index (χ0) is 15.7. The Morgan fingerprint density at radius 2 is 1.33 bits per heavy atom. The Labute approximate surface area is 153 Å². The number of rotatable bonds is 3. The highest BCUT2D eigenvalue weighted by atomic mass is 35.5. The lowest BCUT2D eigenvalue weighted by atomic mass is 10.1. The van der Waals surface area contributed by atoms with Crippen molar-refractivity contribution in [2.75, 3.05) is 4.72 Å². The lowest BCUT2D eigenvalue weighted by Crippen LogP contribution is -1.93. The topological polar surface area (TPSA) is 12.0 Å². The van der Waals surface area contributed by atoms with Gasteiger partial charge in [0.05, 0.1) is 30.0 Å². The molecule has 2 aromatic rings. The predicted octanol–water partition coefficient (Wildman–Crippen LogP) is 7.69. The molecule has 0 saturated carbocycles. The van der Waals surface area contributed by atoms with Crippen LogP contribution in [0.1, 0.15) is 11.1 Å². The minimum atomic E-state index is 0.157. The third-order valence-corrected chi connectivity index (χ3v) is 6.25. The summed E-state index contributed by atoms with van der Waals surface area (Å²) >= 11 is 31.7. The normalized spacial score (nSPS) is 10.8. The number of halogens is 5. The highest BCUT2D eigenvalue weighted by molar-refractivity contribution is 8.00. The molecule has 0 amide bonds. The molecule has 0 aliphatic heterocycles. The third-order valence-electron chi connectivity index (χ3n) is 2.81. The van der Waals surface area contributed by atoms with Gasteiger partial charge >= 0.3 is 0 Å². The van der Waals surface area contributed by atoms with Crippen molar-refractivity contribution < 1.29 is 0 Å². The van der Waals surface area contributed by atoms with Crippen LogP contribution < -0.4 is 4.72 Å². The molecule has 0 fully saturated rings. The standard InChI is InChI=1S/C14H10Cl5NS/c1-6-3-4-8(7(2)5-6)20-21-14-12(18)10(16)9(15)11(17)13(14)19/h3-5,20H,1-2H3. The van der Waals surface area contributed by atoms with E-state index in [-0.39, 0.29) is 25.1 Å². The zero-order valence-electron chi connectivity index (χ0n) is 11.0. The van der Waals surface area contributed by atoms with Crippen molar-refractivity contribution in [1.29, 1.82) is 0 Å². The molecule has 2 aromatic carbocycles. The fourth-order valence-corrected chi connectivity index (χ4v) is 4.01. The summed E-state index contributed by atoms with van der Waals surface area (Å²) in [4.78, 5) is 0.540. The van der Waals surface area contributed by atoms with Gasteiger partial charge in [-0.1, -0.05) is 75.7 Å². The van der Waals surface area contributed by atoms with Crippen molar-refractivity contribution in [2.24, 2.45) is 0 Å². The molecule has 0 radical (unpaired) electrons. The van der Waals surface area contributed by atoms with Gasteiger partial charge < -0.3 is 4.72 Å². The third kappa shape index (κ3) is 3.69. The average Bonchev–Trinajstić information content (AvgIpc) is 2.45. The van der Waals surface area contributed by atoms with Gasteiger partial charge in [-0.3, -0.25) is 0 Å². The molecule has 0 atom stereocenters. The summed E-state index contributed by atoms with van der Waals surface area (Å²) in [7, 11) is 0. The predicted molar refractivity (Wildman–Crippen MR) is 96.9 cm³/mol. The largest absolute Gasteiger partial charge is 0.325 e. The van der Waals surface area contributed by atoms with Gasteiger partial charge in [0.2, 0.25) is 0 Å². The number of anilines is 1. The van der Waals surface area contributed by atoms with Crippen molar-refractivity contribution in [3.8, 4) is 0 Å². The maximum atomic E-state index is 6.19. The zero-order valence-corrected chi connectivity index (χ0v) is 15.6. The molecule has 2 rings (SSSR count). The fraction of sp³-hybridized carbons (Fsp3) is 0.143. The number of hydrogen-bond acceptors (Lipinski definition) is 2. The van der Waals surface area contributed by atoms with E-state index in [2.05, 4.69) is 10.8 Å². The first kappa shape index (κ1) is 17.4. The highest BCUT2D eigenvalue weighted by Gasteiger charge is 2.20. The number of aryl methyl sites for hydroxylation is 2. The molecule has 0 unspecified atom stereocenters. The SMILES string of the molecule is Cc1ccc(NSc2c(Cl)c(Cl)c(Cl)c(Cl)c2Cl)c(C)c1. The second-order valence-electron chi connectivity index (χ2n) is 4.42. The van der Waals surface area contributed by atoms with Crippen LogP contribution in [0.15, 0.2) is 23.1 Å². The van der Waals surface area contributed by atoms with E-state index >= 15 is 0 Å². The summed E-state index contributed by atoms with van der Waals surface area (Å²) in [6, 6.07) is 6.08. The summed E-state index contributed by atoms with van der Waals surface area (Å²) in [5.41, 5.74) is 3.26. The molecule has 0 heterocycles.